The molecule has 1 aliphatic heterocycles. The minimum absolute atomic E-state index is 0.234. The minimum atomic E-state index is -0.701. The van der Waals surface area contributed by atoms with Crippen LogP contribution in [0.3, 0.4) is 0 Å². The molecule has 1 atom stereocenters. The summed E-state index contributed by atoms with van der Waals surface area (Å²) in [6, 6.07) is 2.43. The smallest absolute Gasteiger partial charge is 0.338 e. The number of hydrogen-bond donors (Lipinski definition) is 1. The first-order valence-corrected chi connectivity index (χ1v) is 8.69. The topological polar surface area (TPSA) is 86.3 Å². The fraction of sp³-hybridized carbons (Fsp3) is 0.474. The van der Waals surface area contributed by atoms with Crippen molar-refractivity contribution in [3.8, 4) is 17.2 Å². The third-order valence-corrected chi connectivity index (χ3v) is 4.43. The van der Waals surface area contributed by atoms with Gasteiger partial charge in [-0.2, -0.15) is 0 Å². The number of hydrogen-bond acceptors (Lipinski definition) is 6. The maximum atomic E-state index is 12.6. The number of carbonyl (C=O) groups is 2. The summed E-state index contributed by atoms with van der Waals surface area (Å²) < 4.78 is 21.3. The van der Waals surface area contributed by atoms with E-state index in [0.29, 0.717) is 40.6 Å². The Morgan fingerprint density at radius 3 is 2.15 bits per heavy atom. The molecule has 0 bridgehead atoms. The van der Waals surface area contributed by atoms with Crippen molar-refractivity contribution in [3.05, 3.63) is 29.0 Å². The number of carbonyl (C=O) groups excluding carboxylic acids is 2. The van der Waals surface area contributed by atoms with Crippen LogP contribution in [-0.2, 0) is 9.53 Å². The number of ether oxygens (including phenoxy) is 4. The van der Waals surface area contributed by atoms with Crippen LogP contribution >= 0.6 is 0 Å². The van der Waals surface area contributed by atoms with Crippen molar-refractivity contribution in [1.82, 2.24) is 10.2 Å². The number of nitrogens with zero attached hydrogens (tertiary/aromatic N) is 1. The van der Waals surface area contributed by atoms with Gasteiger partial charge >= 0.3 is 12.0 Å². The molecule has 1 N–H and O–H groups in total. The van der Waals surface area contributed by atoms with E-state index in [1.54, 1.807) is 26.0 Å². The van der Waals surface area contributed by atoms with E-state index in [-0.39, 0.29) is 12.6 Å². The predicted octanol–water partition coefficient (Wildman–Crippen LogP) is 2.64. The van der Waals surface area contributed by atoms with Gasteiger partial charge in [0.05, 0.1) is 39.6 Å². The quantitative estimate of drug-likeness (QED) is 0.734. The Balaban J connectivity index is 2.65. The molecular weight excluding hydrogens is 352 g/mol. The molecule has 2 amide bonds. The minimum Gasteiger partial charge on any atom is -0.493 e. The molecule has 2 rings (SSSR count). The molecule has 1 unspecified atom stereocenters. The normalized spacial score (nSPS) is 16.7. The van der Waals surface area contributed by atoms with Gasteiger partial charge in [0.2, 0.25) is 5.75 Å². The molecule has 148 valence electrons. The van der Waals surface area contributed by atoms with Crippen molar-refractivity contribution < 1.29 is 28.5 Å². The fourth-order valence-electron chi connectivity index (χ4n) is 3.15. The third-order valence-electron chi connectivity index (χ3n) is 4.43. The van der Waals surface area contributed by atoms with Gasteiger partial charge < -0.3 is 24.3 Å². The van der Waals surface area contributed by atoms with E-state index in [2.05, 4.69) is 5.32 Å². The zero-order valence-electron chi connectivity index (χ0n) is 16.5. The standard InChI is InChI=1S/C19H26N2O6/c1-7-21-11(3)15(18(22)27-8-2)16(20-19(21)23)12-9-13(24-4)17(26-6)14(10-12)25-5/h9-10,16H,7-8H2,1-6H3,(H,20,23). The highest BCUT2D eigenvalue weighted by molar-refractivity contribution is 5.95. The first kappa shape index (κ1) is 20.4. The summed E-state index contributed by atoms with van der Waals surface area (Å²) in [5.74, 6) is 0.812. The number of benzene rings is 1. The van der Waals surface area contributed by atoms with E-state index in [4.69, 9.17) is 18.9 Å². The van der Waals surface area contributed by atoms with Crippen molar-refractivity contribution in [2.45, 2.75) is 26.8 Å². The molecule has 1 heterocycles. The van der Waals surface area contributed by atoms with Gasteiger partial charge in [-0.3, -0.25) is 4.90 Å². The van der Waals surface area contributed by atoms with Crippen LogP contribution in [0, 0.1) is 0 Å². The summed E-state index contributed by atoms with van der Waals surface area (Å²) in [7, 11) is 4.52. The van der Waals surface area contributed by atoms with Crippen molar-refractivity contribution in [2.75, 3.05) is 34.5 Å². The Morgan fingerprint density at radius 1 is 1.11 bits per heavy atom. The molecule has 0 fully saturated rings. The van der Waals surface area contributed by atoms with Crippen molar-refractivity contribution in [2.24, 2.45) is 0 Å². The van der Waals surface area contributed by atoms with Gasteiger partial charge in [-0.25, -0.2) is 9.59 Å². The lowest BCUT2D eigenvalue weighted by Crippen LogP contribution is -2.47. The second kappa shape index (κ2) is 8.66. The summed E-state index contributed by atoms with van der Waals surface area (Å²) in [6.45, 7) is 5.98. The van der Waals surface area contributed by atoms with E-state index in [1.165, 1.54) is 26.2 Å². The largest absolute Gasteiger partial charge is 0.493 e. The molecular formula is C19H26N2O6. The van der Waals surface area contributed by atoms with E-state index in [1.807, 2.05) is 6.92 Å². The van der Waals surface area contributed by atoms with Crippen molar-refractivity contribution in [3.63, 3.8) is 0 Å². The van der Waals surface area contributed by atoms with Gasteiger partial charge in [-0.15, -0.1) is 0 Å². The molecule has 8 nitrogen and oxygen atoms in total. The molecule has 8 heteroatoms. The Kier molecular flexibility index (Phi) is 6.55. The maximum absolute atomic E-state index is 12.6. The first-order chi connectivity index (χ1) is 12.9. The molecule has 1 aromatic rings. The SMILES string of the molecule is CCOC(=O)C1=C(C)N(CC)C(=O)NC1c1cc(OC)c(OC)c(OC)c1. The highest BCUT2D eigenvalue weighted by atomic mass is 16.5. The number of esters is 1. The number of amides is 2. The molecule has 0 spiro atoms. The van der Waals surface area contributed by atoms with Crippen LogP contribution in [-0.4, -0.2) is 51.4 Å². The summed E-state index contributed by atoms with van der Waals surface area (Å²) in [5, 5.41) is 2.87. The Labute approximate surface area is 159 Å². The maximum Gasteiger partial charge on any atom is 0.338 e. The monoisotopic (exact) mass is 378 g/mol. The van der Waals surface area contributed by atoms with Gasteiger partial charge in [0.15, 0.2) is 11.5 Å². The van der Waals surface area contributed by atoms with Gasteiger partial charge in [0.25, 0.3) is 0 Å². The second-order valence-corrected chi connectivity index (χ2v) is 5.80. The Bertz CT molecular complexity index is 734. The highest BCUT2D eigenvalue weighted by Crippen LogP contribution is 2.42. The van der Waals surface area contributed by atoms with Crippen LogP contribution in [0.15, 0.2) is 23.4 Å². The molecule has 0 aliphatic carbocycles. The first-order valence-electron chi connectivity index (χ1n) is 8.69. The van der Waals surface area contributed by atoms with Gasteiger partial charge in [-0.05, 0) is 38.5 Å². The Morgan fingerprint density at radius 2 is 1.70 bits per heavy atom. The van der Waals surface area contributed by atoms with E-state index in [9.17, 15) is 9.59 Å². The number of nitrogens with one attached hydrogen (secondary N) is 1. The van der Waals surface area contributed by atoms with E-state index >= 15 is 0 Å². The zero-order valence-corrected chi connectivity index (χ0v) is 16.5. The zero-order chi connectivity index (χ0) is 20.1. The van der Waals surface area contributed by atoms with Crippen molar-refractivity contribution in [1.29, 1.82) is 0 Å². The van der Waals surface area contributed by atoms with E-state index in [0.717, 1.165) is 0 Å². The average molecular weight is 378 g/mol. The lowest BCUT2D eigenvalue weighted by molar-refractivity contribution is -0.139. The summed E-state index contributed by atoms with van der Waals surface area (Å²) in [6.07, 6.45) is 0. The number of methoxy groups -OCH3 is 3. The molecule has 0 saturated heterocycles. The van der Waals surface area contributed by atoms with Crippen LogP contribution in [0.2, 0.25) is 0 Å². The molecule has 27 heavy (non-hydrogen) atoms. The second-order valence-electron chi connectivity index (χ2n) is 5.80. The number of urea groups is 1. The van der Waals surface area contributed by atoms with Gasteiger partial charge in [0.1, 0.15) is 0 Å². The average Bonchev–Trinajstić information content (AvgIpc) is 2.66. The summed E-state index contributed by atoms with van der Waals surface area (Å²) in [5.41, 5.74) is 1.54. The lowest BCUT2D eigenvalue weighted by atomic mass is 9.94. The fourth-order valence-corrected chi connectivity index (χ4v) is 3.15. The lowest BCUT2D eigenvalue weighted by Gasteiger charge is -2.35. The summed E-state index contributed by atoms with van der Waals surface area (Å²) in [4.78, 5) is 26.7. The van der Waals surface area contributed by atoms with Crippen LogP contribution in [0.1, 0.15) is 32.4 Å². The van der Waals surface area contributed by atoms with Crippen LogP contribution in [0.25, 0.3) is 0 Å². The number of rotatable bonds is 7. The number of allylic oxidation sites excluding steroid dienone is 1. The summed E-state index contributed by atoms with van der Waals surface area (Å²) >= 11 is 0. The van der Waals surface area contributed by atoms with Gasteiger partial charge in [-0.1, -0.05) is 0 Å². The van der Waals surface area contributed by atoms with Crippen LogP contribution in [0.5, 0.6) is 17.2 Å². The van der Waals surface area contributed by atoms with Crippen LogP contribution < -0.4 is 19.5 Å². The third kappa shape index (κ3) is 3.79. The van der Waals surface area contributed by atoms with Gasteiger partial charge in [0, 0.05) is 12.2 Å². The van der Waals surface area contributed by atoms with Crippen molar-refractivity contribution >= 4 is 12.0 Å². The Hall–Kier alpha value is -2.90. The molecule has 1 aromatic carbocycles. The molecule has 0 aromatic heterocycles. The predicted molar refractivity (Wildman–Crippen MR) is 99.1 cm³/mol. The molecule has 1 aliphatic rings. The van der Waals surface area contributed by atoms with Crippen LogP contribution in [0.4, 0.5) is 4.79 Å². The van der Waals surface area contributed by atoms with E-state index < -0.39 is 12.0 Å². The molecule has 0 saturated carbocycles. The highest BCUT2D eigenvalue weighted by Gasteiger charge is 2.36. The molecule has 0 radical (unpaired) electrons.